The third kappa shape index (κ3) is 3.80. The molecule has 4 atom stereocenters. The van der Waals surface area contributed by atoms with Crippen molar-refractivity contribution in [3.8, 4) is 10.6 Å². The third-order valence-corrected chi connectivity index (χ3v) is 8.26. The molecule has 2 saturated carbocycles. The Kier molecular flexibility index (Phi) is 5.27. The highest BCUT2D eigenvalue weighted by atomic mass is 32.1. The van der Waals surface area contributed by atoms with Crippen LogP contribution in [0.2, 0.25) is 0 Å². The lowest BCUT2D eigenvalue weighted by atomic mass is 9.84. The molecule has 0 aromatic carbocycles. The molecule has 0 saturated heterocycles. The molecule has 5 rings (SSSR count). The number of alkyl halides is 3. The van der Waals surface area contributed by atoms with Crippen molar-refractivity contribution in [3.63, 3.8) is 0 Å². The fourth-order valence-electron chi connectivity index (χ4n) is 5.41. The van der Waals surface area contributed by atoms with Crippen LogP contribution in [0.1, 0.15) is 60.6 Å². The van der Waals surface area contributed by atoms with Gasteiger partial charge in [-0.3, -0.25) is 4.79 Å². The van der Waals surface area contributed by atoms with Gasteiger partial charge >= 0.3 is 6.18 Å². The normalized spacial score (nSPS) is 23.7. The smallest absolute Gasteiger partial charge is 0.348 e. The van der Waals surface area contributed by atoms with Gasteiger partial charge in [0.25, 0.3) is 5.91 Å². The van der Waals surface area contributed by atoms with E-state index in [9.17, 15) is 18.0 Å². The minimum Gasteiger partial charge on any atom is -0.348 e. The van der Waals surface area contributed by atoms with E-state index < -0.39 is 17.8 Å². The first kappa shape index (κ1) is 21.4. The van der Waals surface area contributed by atoms with E-state index in [0.29, 0.717) is 16.7 Å². The van der Waals surface area contributed by atoms with E-state index in [1.807, 2.05) is 19.9 Å². The molecule has 3 aromatic rings. The molecular formula is C23H25F3N4OS. The molecule has 2 aliphatic carbocycles. The number of fused-ring (bicyclic) bond motifs is 3. The minimum absolute atomic E-state index is 0.0130. The zero-order valence-corrected chi connectivity index (χ0v) is 18.8. The highest BCUT2D eigenvalue weighted by molar-refractivity contribution is 7.15. The Morgan fingerprint density at radius 3 is 2.72 bits per heavy atom. The highest BCUT2D eigenvalue weighted by Crippen LogP contribution is 2.49. The summed E-state index contributed by atoms with van der Waals surface area (Å²) in [5.74, 6) is 1.36. The SMILES string of the molecule is CCc1ccc(-c2cc(C(F)(F)F)n3nc(C(=O)NC(C)C4CC5CCC4C5)cc3n2)s1. The topological polar surface area (TPSA) is 59.3 Å². The zero-order valence-electron chi connectivity index (χ0n) is 17.9. The summed E-state index contributed by atoms with van der Waals surface area (Å²) in [7, 11) is 0. The van der Waals surface area contributed by atoms with Gasteiger partial charge in [0.2, 0.25) is 0 Å². The predicted molar refractivity (Wildman–Crippen MR) is 117 cm³/mol. The van der Waals surface area contributed by atoms with Crippen LogP contribution in [0.4, 0.5) is 13.2 Å². The standard InChI is InChI=1S/C23H25F3N4OS/c1-3-15-6-7-19(32-15)17-10-20(23(24,25)26)30-21(28-17)11-18(29-30)22(31)27-12(2)16-9-13-4-5-14(16)8-13/h6-7,10-14,16H,3-5,8-9H2,1-2H3,(H,27,31). The molecule has 1 N–H and O–H groups in total. The summed E-state index contributed by atoms with van der Waals surface area (Å²) in [6.07, 6.45) is 0.985. The van der Waals surface area contributed by atoms with Gasteiger partial charge in [-0.05, 0) is 68.6 Å². The van der Waals surface area contributed by atoms with Gasteiger partial charge in [0.1, 0.15) is 0 Å². The second-order valence-corrected chi connectivity index (χ2v) is 10.2. The number of aromatic nitrogens is 3. The predicted octanol–water partition coefficient (Wildman–Crippen LogP) is 5.59. The van der Waals surface area contributed by atoms with Crippen LogP contribution in [0.3, 0.4) is 0 Å². The fourth-order valence-corrected chi connectivity index (χ4v) is 6.32. The van der Waals surface area contributed by atoms with Gasteiger partial charge in [0, 0.05) is 17.0 Å². The molecule has 9 heteroatoms. The van der Waals surface area contributed by atoms with Gasteiger partial charge in [0.05, 0.1) is 10.6 Å². The van der Waals surface area contributed by atoms with E-state index in [1.165, 1.54) is 36.7 Å². The van der Waals surface area contributed by atoms with Crippen molar-refractivity contribution in [2.24, 2.45) is 17.8 Å². The number of carbonyl (C=O) groups excluding carboxylic acids is 1. The Hall–Kier alpha value is -2.42. The molecule has 4 unspecified atom stereocenters. The second-order valence-electron chi connectivity index (χ2n) is 9.04. The van der Waals surface area contributed by atoms with Gasteiger partial charge in [-0.2, -0.15) is 18.3 Å². The summed E-state index contributed by atoms with van der Waals surface area (Å²) >= 11 is 1.42. The lowest BCUT2D eigenvalue weighted by Crippen LogP contribution is -2.40. The van der Waals surface area contributed by atoms with Gasteiger partial charge in [-0.1, -0.05) is 13.3 Å². The average Bonchev–Trinajstić information content (AvgIpc) is 3.54. The summed E-state index contributed by atoms with van der Waals surface area (Å²) in [6, 6.07) is 5.99. The molecule has 2 aliphatic rings. The quantitative estimate of drug-likeness (QED) is 0.537. The summed E-state index contributed by atoms with van der Waals surface area (Å²) in [6.45, 7) is 3.98. The number of rotatable bonds is 5. The van der Waals surface area contributed by atoms with E-state index in [1.54, 1.807) is 6.07 Å². The molecule has 0 radical (unpaired) electrons. The number of hydrogen-bond acceptors (Lipinski definition) is 4. The van der Waals surface area contributed by atoms with Crippen LogP contribution < -0.4 is 5.32 Å². The Bertz CT molecular complexity index is 1170. The Morgan fingerprint density at radius 2 is 2.09 bits per heavy atom. The number of aryl methyl sites for hydroxylation is 1. The number of thiophene rings is 1. The summed E-state index contributed by atoms with van der Waals surface area (Å²) < 4.78 is 42.2. The molecule has 3 heterocycles. The highest BCUT2D eigenvalue weighted by Gasteiger charge is 2.42. The van der Waals surface area contributed by atoms with E-state index in [2.05, 4.69) is 15.4 Å². The van der Waals surface area contributed by atoms with Crippen LogP contribution in [0.25, 0.3) is 16.2 Å². The summed E-state index contributed by atoms with van der Waals surface area (Å²) in [4.78, 5) is 19.0. The van der Waals surface area contributed by atoms with Gasteiger partial charge in [0.15, 0.2) is 17.0 Å². The van der Waals surface area contributed by atoms with Crippen LogP contribution in [0, 0.1) is 17.8 Å². The molecule has 0 spiro atoms. The largest absolute Gasteiger partial charge is 0.433 e. The summed E-state index contributed by atoms with van der Waals surface area (Å²) in [5.41, 5.74) is -0.740. The first-order valence-corrected chi connectivity index (χ1v) is 11.9. The molecule has 1 amide bonds. The van der Waals surface area contributed by atoms with E-state index in [4.69, 9.17) is 0 Å². The van der Waals surface area contributed by atoms with Crippen LogP contribution in [-0.2, 0) is 12.6 Å². The van der Waals surface area contributed by atoms with Crippen molar-refractivity contribution in [3.05, 3.63) is 40.5 Å². The molecule has 0 aliphatic heterocycles. The maximum atomic E-state index is 13.8. The van der Waals surface area contributed by atoms with Crippen molar-refractivity contribution >= 4 is 22.9 Å². The molecule has 2 bridgehead atoms. The van der Waals surface area contributed by atoms with E-state index in [0.717, 1.165) is 34.2 Å². The van der Waals surface area contributed by atoms with Crippen molar-refractivity contribution in [2.45, 2.75) is 58.2 Å². The Labute approximate surface area is 188 Å². The number of nitrogens with zero attached hydrogens (tertiary/aromatic N) is 3. The second kappa shape index (κ2) is 7.86. The monoisotopic (exact) mass is 462 g/mol. The van der Waals surface area contributed by atoms with Gasteiger partial charge < -0.3 is 5.32 Å². The molecule has 170 valence electrons. The number of halogens is 3. The average molecular weight is 463 g/mol. The number of amides is 1. The van der Waals surface area contributed by atoms with E-state index in [-0.39, 0.29) is 23.1 Å². The first-order chi connectivity index (χ1) is 15.2. The zero-order chi connectivity index (χ0) is 22.6. The maximum absolute atomic E-state index is 13.8. The number of hydrogen-bond donors (Lipinski definition) is 1. The van der Waals surface area contributed by atoms with Crippen LogP contribution in [0.5, 0.6) is 0 Å². The lowest BCUT2D eigenvalue weighted by Gasteiger charge is -2.28. The van der Waals surface area contributed by atoms with Crippen molar-refractivity contribution < 1.29 is 18.0 Å². The van der Waals surface area contributed by atoms with Crippen molar-refractivity contribution in [1.82, 2.24) is 19.9 Å². The van der Waals surface area contributed by atoms with Crippen LogP contribution in [-0.4, -0.2) is 26.5 Å². The summed E-state index contributed by atoms with van der Waals surface area (Å²) in [5, 5.41) is 6.97. The Morgan fingerprint density at radius 1 is 1.28 bits per heavy atom. The third-order valence-electron chi connectivity index (χ3n) is 7.01. The molecular weight excluding hydrogens is 437 g/mol. The minimum atomic E-state index is -4.63. The lowest BCUT2D eigenvalue weighted by molar-refractivity contribution is -0.142. The van der Waals surface area contributed by atoms with Crippen LogP contribution >= 0.6 is 11.3 Å². The molecule has 3 aromatic heterocycles. The number of carbonyl (C=O) groups is 1. The Balaban J connectivity index is 1.46. The fraction of sp³-hybridized carbons (Fsp3) is 0.522. The number of nitrogens with one attached hydrogen (secondary N) is 1. The maximum Gasteiger partial charge on any atom is 0.433 e. The first-order valence-electron chi connectivity index (χ1n) is 11.1. The van der Waals surface area contributed by atoms with E-state index >= 15 is 0 Å². The van der Waals surface area contributed by atoms with Crippen molar-refractivity contribution in [2.75, 3.05) is 0 Å². The van der Waals surface area contributed by atoms with Gasteiger partial charge in [-0.15, -0.1) is 11.3 Å². The van der Waals surface area contributed by atoms with Crippen LogP contribution in [0.15, 0.2) is 24.3 Å². The van der Waals surface area contributed by atoms with Crippen molar-refractivity contribution in [1.29, 1.82) is 0 Å². The van der Waals surface area contributed by atoms with Gasteiger partial charge in [-0.25, -0.2) is 9.50 Å². The molecule has 5 nitrogen and oxygen atoms in total. The molecule has 2 fully saturated rings. The molecule has 32 heavy (non-hydrogen) atoms.